The Balaban J connectivity index is 0.00000361. The van der Waals surface area contributed by atoms with Gasteiger partial charge in [-0.05, 0) is 49.9 Å². The van der Waals surface area contributed by atoms with Gasteiger partial charge in [0.1, 0.15) is 16.4 Å². The van der Waals surface area contributed by atoms with Crippen molar-refractivity contribution in [3.05, 3.63) is 59.0 Å². The highest BCUT2D eigenvalue weighted by Gasteiger charge is 2.33. The zero-order valence-electron chi connectivity index (χ0n) is 20.1. The van der Waals surface area contributed by atoms with Crippen LogP contribution in [-0.2, 0) is 19.4 Å². The first-order valence-corrected chi connectivity index (χ1v) is 14.0. The van der Waals surface area contributed by atoms with Gasteiger partial charge in [-0.25, -0.2) is 13.4 Å². The highest BCUT2D eigenvalue weighted by molar-refractivity contribution is 7.91. The molecule has 1 aliphatic heterocycles. The summed E-state index contributed by atoms with van der Waals surface area (Å²) in [6, 6.07) is 13.0. The Bertz CT molecular complexity index is 1320. The maximum absolute atomic E-state index is 13.5. The molecule has 2 aromatic carbocycles. The summed E-state index contributed by atoms with van der Waals surface area (Å²) in [6.45, 7) is 3.63. The van der Waals surface area contributed by atoms with Crippen LogP contribution in [-0.4, -0.2) is 43.3 Å². The summed E-state index contributed by atoms with van der Waals surface area (Å²) in [4.78, 5) is 32.3. The van der Waals surface area contributed by atoms with Gasteiger partial charge in [0.2, 0.25) is 11.8 Å². The number of hydrogen-bond donors (Lipinski definition) is 2. The predicted molar refractivity (Wildman–Crippen MR) is 147 cm³/mol. The van der Waals surface area contributed by atoms with E-state index >= 15 is 0 Å². The van der Waals surface area contributed by atoms with E-state index in [1.807, 2.05) is 49.6 Å². The number of benzene rings is 2. The van der Waals surface area contributed by atoms with Crippen molar-refractivity contribution >= 4 is 61.9 Å². The van der Waals surface area contributed by atoms with Crippen molar-refractivity contribution in [2.75, 3.05) is 34.0 Å². The summed E-state index contributed by atoms with van der Waals surface area (Å²) in [7, 11) is -3.10. The quantitative estimate of drug-likeness (QED) is 0.475. The fraction of sp³-hybridized carbons (Fsp3) is 0.320. The van der Waals surface area contributed by atoms with Crippen LogP contribution < -0.4 is 16.0 Å². The highest BCUT2D eigenvalue weighted by atomic mass is 35.5. The maximum Gasteiger partial charge on any atom is 0.244 e. The van der Waals surface area contributed by atoms with E-state index in [0.29, 0.717) is 16.5 Å². The van der Waals surface area contributed by atoms with E-state index in [1.165, 1.54) is 16.2 Å². The number of nitrogens with zero attached hydrogens (tertiary/aromatic N) is 2. The number of aromatic nitrogens is 1. The third kappa shape index (κ3) is 6.43. The van der Waals surface area contributed by atoms with Crippen LogP contribution in [0.2, 0.25) is 0 Å². The van der Waals surface area contributed by atoms with Crippen molar-refractivity contribution in [3.63, 3.8) is 0 Å². The van der Waals surface area contributed by atoms with Crippen LogP contribution >= 0.6 is 23.7 Å². The van der Waals surface area contributed by atoms with E-state index in [9.17, 15) is 18.0 Å². The Morgan fingerprint density at radius 1 is 1.08 bits per heavy atom. The lowest BCUT2D eigenvalue weighted by Gasteiger charge is -2.31. The number of halogens is 1. The van der Waals surface area contributed by atoms with Crippen LogP contribution in [0, 0.1) is 19.8 Å². The molecule has 8 nitrogen and oxygen atoms in total. The van der Waals surface area contributed by atoms with E-state index in [0.717, 1.165) is 22.4 Å². The molecule has 3 N–H and O–H groups in total. The number of para-hydroxylation sites is 1. The molecule has 0 spiro atoms. The summed E-state index contributed by atoms with van der Waals surface area (Å²) in [5.74, 6) is -1.01. The maximum atomic E-state index is 13.5. The number of amides is 2. The molecule has 0 unspecified atom stereocenters. The SMILES string of the molecule is Cc1cccc(C)c1N(CC(=O)Nc1ccc(-c2csc(N)n2)cc1)C(=O)C1CCS(=O)(=O)CC1.Cl. The van der Waals surface area contributed by atoms with E-state index in [1.54, 1.807) is 12.1 Å². The summed E-state index contributed by atoms with van der Waals surface area (Å²) >= 11 is 1.36. The van der Waals surface area contributed by atoms with Gasteiger partial charge < -0.3 is 16.0 Å². The fourth-order valence-electron chi connectivity index (χ4n) is 4.34. The Kier molecular flexibility index (Phi) is 8.76. The Morgan fingerprint density at radius 3 is 2.25 bits per heavy atom. The molecule has 0 radical (unpaired) electrons. The van der Waals surface area contributed by atoms with Crippen molar-refractivity contribution < 1.29 is 18.0 Å². The number of anilines is 3. The molecule has 2 heterocycles. The number of nitrogen functional groups attached to an aromatic ring is 1. The Hall–Kier alpha value is -2.95. The molecule has 2 amide bonds. The molecule has 11 heteroatoms. The molecule has 1 saturated heterocycles. The summed E-state index contributed by atoms with van der Waals surface area (Å²) in [5.41, 5.74) is 10.4. The molecule has 1 aliphatic rings. The van der Waals surface area contributed by atoms with E-state index in [-0.39, 0.29) is 55.1 Å². The highest BCUT2D eigenvalue weighted by Crippen LogP contribution is 2.30. The second-order valence-corrected chi connectivity index (χ2v) is 12.0. The van der Waals surface area contributed by atoms with Crippen LogP contribution in [0.3, 0.4) is 0 Å². The number of nitrogens with two attached hydrogens (primary N) is 1. The van der Waals surface area contributed by atoms with Crippen LogP contribution in [0.15, 0.2) is 47.8 Å². The summed E-state index contributed by atoms with van der Waals surface area (Å²) < 4.78 is 23.7. The number of thiazole rings is 1. The average Bonchev–Trinajstić information content (AvgIpc) is 3.24. The number of carbonyl (C=O) groups excluding carboxylic acids is 2. The van der Waals surface area contributed by atoms with Crippen molar-refractivity contribution in [1.82, 2.24) is 4.98 Å². The van der Waals surface area contributed by atoms with Crippen molar-refractivity contribution in [2.24, 2.45) is 5.92 Å². The average molecular weight is 549 g/mol. The van der Waals surface area contributed by atoms with Crippen LogP contribution in [0.4, 0.5) is 16.5 Å². The van der Waals surface area contributed by atoms with Crippen LogP contribution in [0.25, 0.3) is 11.3 Å². The topological polar surface area (TPSA) is 122 Å². The number of aryl methyl sites for hydroxylation is 2. The predicted octanol–water partition coefficient (Wildman–Crippen LogP) is 4.23. The molecular weight excluding hydrogens is 520 g/mol. The Labute approximate surface area is 221 Å². The van der Waals surface area contributed by atoms with Gasteiger partial charge in [0.05, 0.1) is 22.9 Å². The van der Waals surface area contributed by atoms with E-state index in [2.05, 4.69) is 10.3 Å². The van der Waals surface area contributed by atoms with Crippen molar-refractivity contribution in [2.45, 2.75) is 26.7 Å². The van der Waals surface area contributed by atoms with Gasteiger partial charge >= 0.3 is 0 Å². The second kappa shape index (κ2) is 11.4. The zero-order chi connectivity index (χ0) is 25.2. The van der Waals surface area contributed by atoms with Gasteiger partial charge in [-0.2, -0.15) is 0 Å². The van der Waals surface area contributed by atoms with E-state index < -0.39 is 15.8 Å². The molecule has 192 valence electrons. The third-order valence-electron chi connectivity index (χ3n) is 6.17. The molecule has 36 heavy (non-hydrogen) atoms. The van der Waals surface area contributed by atoms with Gasteiger partial charge in [0.25, 0.3) is 0 Å². The molecule has 0 atom stereocenters. The lowest BCUT2D eigenvalue weighted by Crippen LogP contribution is -2.44. The van der Waals surface area contributed by atoms with Crippen molar-refractivity contribution in [3.8, 4) is 11.3 Å². The van der Waals surface area contributed by atoms with Gasteiger partial charge in [0.15, 0.2) is 5.13 Å². The van der Waals surface area contributed by atoms with Crippen LogP contribution in [0.1, 0.15) is 24.0 Å². The summed E-state index contributed by atoms with van der Waals surface area (Å²) in [5, 5.41) is 5.22. The standard InChI is InChI=1S/C25H28N4O4S2.ClH/c1-16-4-3-5-17(2)23(16)29(24(31)19-10-12-35(32,33)13-11-19)14-22(30)27-20-8-6-18(7-9-20)21-15-34-25(26)28-21;/h3-9,15,19H,10-14H2,1-2H3,(H2,26,28)(H,27,30);1H. The first kappa shape index (κ1) is 27.6. The molecular formula is C25H29ClN4O4S2. The molecule has 0 bridgehead atoms. The van der Waals surface area contributed by atoms with Crippen LogP contribution in [0.5, 0.6) is 0 Å². The molecule has 0 saturated carbocycles. The molecule has 1 aromatic heterocycles. The van der Waals surface area contributed by atoms with Gasteiger partial charge in [0, 0.05) is 22.5 Å². The number of hydrogen-bond acceptors (Lipinski definition) is 7. The minimum Gasteiger partial charge on any atom is -0.375 e. The normalized spacial score (nSPS) is 15.1. The Morgan fingerprint density at radius 2 is 1.69 bits per heavy atom. The monoisotopic (exact) mass is 548 g/mol. The minimum absolute atomic E-state index is 0. The largest absolute Gasteiger partial charge is 0.375 e. The molecule has 3 aromatic rings. The number of carbonyl (C=O) groups is 2. The van der Waals surface area contributed by atoms with Gasteiger partial charge in [-0.1, -0.05) is 30.3 Å². The fourth-order valence-corrected chi connectivity index (χ4v) is 6.41. The third-order valence-corrected chi connectivity index (χ3v) is 8.56. The first-order valence-electron chi connectivity index (χ1n) is 11.3. The lowest BCUT2D eigenvalue weighted by molar-refractivity contribution is -0.124. The van der Waals surface area contributed by atoms with Crippen molar-refractivity contribution in [1.29, 1.82) is 0 Å². The molecule has 1 fully saturated rings. The van der Waals surface area contributed by atoms with Gasteiger partial charge in [-0.15, -0.1) is 23.7 Å². The minimum atomic E-state index is -3.10. The second-order valence-electron chi connectivity index (χ2n) is 8.79. The molecule has 4 rings (SSSR count). The van der Waals surface area contributed by atoms with E-state index in [4.69, 9.17) is 5.73 Å². The number of rotatable bonds is 6. The zero-order valence-corrected chi connectivity index (χ0v) is 22.5. The lowest BCUT2D eigenvalue weighted by atomic mass is 9.99. The van der Waals surface area contributed by atoms with Gasteiger partial charge in [-0.3, -0.25) is 9.59 Å². The molecule has 0 aliphatic carbocycles. The summed E-state index contributed by atoms with van der Waals surface area (Å²) in [6.07, 6.45) is 0.541. The smallest absolute Gasteiger partial charge is 0.244 e. The first-order chi connectivity index (χ1) is 16.6. The number of sulfone groups is 1. The number of nitrogens with one attached hydrogen (secondary N) is 1.